The fourth-order valence-corrected chi connectivity index (χ4v) is 5.62. The maximum atomic E-state index is 13.5. The normalized spacial score (nSPS) is 12.5. The van der Waals surface area contributed by atoms with Crippen LogP contribution >= 0.6 is 0 Å². The Bertz CT molecular complexity index is 1590. The lowest BCUT2D eigenvalue weighted by Gasteiger charge is -2.28. The van der Waals surface area contributed by atoms with E-state index in [-0.39, 0.29) is 13.2 Å². The highest BCUT2D eigenvalue weighted by Gasteiger charge is 2.39. The third kappa shape index (κ3) is 10.3. The third-order valence-corrected chi connectivity index (χ3v) is 8.19. The number of alkyl carbamates (subject to hydrolysis) is 1. The average molecular weight is 627 g/mol. The molecule has 0 aromatic heterocycles. The van der Waals surface area contributed by atoms with Crippen LogP contribution in [-0.2, 0) is 31.9 Å². The van der Waals surface area contributed by atoms with Gasteiger partial charge in [-0.2, -0.15) is 0 Å². The number of ether oxygens (including phenoxy) is 2. The molecule has 0 radical (unpaired) electrons. The molecule has 46 heavy (non-hydrogen) atoms. The number of aliphatic carboxylic acids is 1. The van der Waals surface area contributed by atoms with Crippen molar-refractivity contribution in [3.05, 3.63) is 96.1 Å². The summed E-state index contributed by atoms with van der Waals surface area (Å²) < 4.78 is 11.0. The van der Waals surface area contributed by atoms with Crippen molar-refractivity contribution in [3.63, 3.8) is 0 Å². The Hall–Kier alpha value is -4.43. The monoisotopic (exact) mass is 626 g/mol. The summed E-state index contributed by atoms with van der Waals surface area (Å²) >= 11 is 0. The van der Waals surface area contributed by atoms with Gasteiger partial charge in [0.05, 0.1) is 0 Å². The second-order valence-corrected chi connectivity index (χ2v) is 11.7. The molecule has 0 aliphatic rings. The highest BCUT2D eigenvalue weighted by molar-refractivity contribution is 5.89. The van der Waals surface area contributed by atoms with E-state index >= 15 is 0 Å². The van der Waals surface area contributed by atoms with Gasteiger partial charge in [0, 0.05) is 26.7 Å². The van der Waals surface area contributed by atoms with Gasteiger partial charge in [0.15, 0.2) is 6.10 Å². The zero-order valence-corrected chi connectivity index (χ0v) is 27.0. The number of hydrogen-bond acceptors (Lipinski definition) is 5. The summed E-state index contributed by atoms with van der Waals surface area (Å²) in [7, 11) is 1.64. The van der Waals surface area contributed by atoms with E-state index in [1.807, 2.05) is 24.3 Å². The molecule has 8 nitrogen and oxygen atoms in total. The van der Waals surface area contributed by atoms with Crippen molar-refractivity contribution in [1.29, 1.82) is 0 Å². The summed E-state index contributed by atoms with van der Waals surface area (Å²) in [5.41, 5.74) is 2.54. The van der Waals surface area contributed by atoms with E-state index in [0.29, 0.717) is 13.0 Å². The van der Waals surface area contributed by atoms with Crippen LogP contribution in [0.5, 0.6) is 0 Å². The first-order valence-corrected chi connectivity index (χ1v) is 16.3. The Morgan fingerprint density at radius 3 is 1.80 bits per heavy atom. The fourth-order valence-electron chi connectivity index (χ4n) is 5.62. The van der Waals surface area contributed by atoms with Gasteiger partial charge in [-0.15, -0.1) is 0 Å². The SMILES string of the molecule is CCNC(=O)OC(C(=O)O)C(OCCCCCc1ccc2ccccc2c1)C(=O)N(C)CCCCCc1ccc2ccccc2c1. The number of amides is 2. The standard InChI is InChI=1S/C38H46N2O6/c1-3-39-38(44)46-35(37(42)43)34(45-25-13-5-7-15-29-21-23-31-17-9-11-19-33(31)27-29)36(41)40(2)24-12-4-6-14-28-20-22-30-16-8-10-18-32(30)26-28/h8-11,16-23,26-27,34-35H,3-7,12-15,24-25H2,1-2H3,(H,39,44)(H,42,43). The summed E-state index contributed by atoms with van der Waals surface area (Å²) in [5, 5.41) is 17.2. The summed E-state index contributed by atoms with van der Waals surface area (Å²) in [6.45, 7) is 2.58. The Morgan fingerprint density at radius 2 is 1.26 bits per heavy atom. The molecular formula is C38H46N2O6. The number of aryl methyl sites for hydroxylation is 2. The van der Waals surface area contributed by atoms with E-state index < -0.39 is 30.2 Å². The second-order valence-electron chi connectivity index (χ2n) is 11.7. The zero-order valence-electron chi connectivity index (χ0n) is 27.0. The minimum atomic E-state index is -1.76. The van der Waals surface area contributed by atoms with Crippen LogP contribution in [0, 0.1) is 0 Å². The van der Waals surface area contributed by atoms with E-state index in [2.05, 4.69) is 66.0 Å². The molecule has 0 bridgehead atoms. The fraction of sp³-hybridized carbons (Fsp3) is 0.395. The molecule has 2 amide bonds. The van der Waals surface area contributed by atoms with Gasteiger partial charge in [-0.1, -0.05) is 97.8 Å². The predicted molar refractivity (Wildman–Crippen MR) is 182 cm³/mol. The molecule has 0 spiro atoms. The molecule has 0 aliphatic heterocycles. The van der Waals surface area contributed by atoms with Crippen LogP contribution < -0.4 is 5.32 Å². The molecule has 0 saturated heterocycles. The number of nitrogens with one attached hydrogen (secondary N) is 1. The Labute approximate surface area is 271 Å². The summed E-state index contributed by atoms with van der Waals surface area (Å²) in [6, 6.07) is 29.6. The molecule has 2 unspecified atom stereocenters. The lowest BCUT2D eigenvalue weighted by Crippen LogP contribution is -2.51. The molecule has 4 aromatic carbocycles. The lowest BCUT2D eigenvalue weighted by molar-refractivity contribution is -0.166. The van der Waals surface area contributed by atoms with Crippen molar-refractivity contribution >= 4 is 39.5 Å². The van der Waals surface area contributed by atoms with Crippen LogP contribution in [0.25, 0.3) is 21.5 Å². The third-order valence-electron chi connectivity index (χ3n) is 8.19. The van der Waals surface area contributed by atoms with Gasteiger partial charge >= 0.3 is 12.1 Å². The molecule has 0 aliphatic carbocycles. The first-order valence-electron chi connectivity index (χ1n) is 16.3. The molecule has 244 valence electrons. The van der Waals surface area contributed by atoms with Crippen molar-refractivity contribution < 1.29 is 29.0 Å². The molecule has 8 heteroatoms. The van der Waals surface area contributed by atoms with Crippen molar-refractivity contribution in [2.45, 2.75) is 70.5 Å². The number of unbranched alkanes of at least 4 members (excludes halogenated alkanes) is 4. The first kappa shape index (κ1) is 34.4. The number of fused-ring (bicyclic) bond motifs is 2. The minimum Gasteiger partial charge on any atom is -0.478 e. The maximum absolute atomic E-state index is 13.5. The number of carbonyl (C=O) groups is 3. The molecular weight excluding hydrogens is 580 g/mol. The van der Waals surface area contributed by atoms with Crippen LogP contribution in [0.4, 0.5) is 4.79 Å². The van der Waals surface area contributed by atoms with Crippen molar-refractivity contribution in [1.82, 2.24) is 10.2 Å². The number of carboxylic acids is 1. The number of benzene rings is 4. The topological polar surface area (TPSA) is 105 Å². The zero-order chi connectivity index (χ0) is 32.7. The molecule has 4 rings (SSSR count). The summed E-state index contributed by atoms with van der Waals surface area (Å²) in [4.78, 5) is 39.3. The smallest absolute Gasteiger partial charge is 0.408 e. The minimum absolute atomic E-state index is 0.177. The van der Waals surface area contributed by atoms with E-state index in [4.69, 9.17) is 9.47 Å². The van der Waals surface area contributed by atoms with E-state index in [0.717, 1.165) is 44.9 Å². The molecule has 4 aromatic rings. The second kappa shape index (κ2) is 17.9. The molecule has 2 N–H and O–H groups in total. The van der Waals surface area contributed by atoms with Crippen molar-refractivity contribution in [2.75, 3.05) is 26.7 Å². The highest BCUT2D eigenvalue weighted by atomic mass is 16.6. The first-order chi connectivity index (χ1) is 22.4. The van der Waals surface area contributed by atoms with Gasteiger partial charge in [-0.05, 0) is 78.1 Å². The van der Waals surface area contributed by atoms with E-state index in [1.165, 1.54) is 37.6 Å². The average Bonchev–Trinajstić information content (AvgIpc) is 3.06. The summed E-state index contributed by atoms with van der Waals surface area (Å²) in [6.07, 6.45) is 2.80. The van der Waals surface area contributed by atoms with Gasteiger partial charge < -0.3 is 24.8 Å². The number of nitrogens with zero attached hydrogens (tertiary/aromatic N) is 1. The molecule has 0 fully saturated rings. The van der Waals surface area contributed by atoms with Crippen LogP contribution in [0.2, 0.25) is 0 Å². The van der Waals surface area contributed by atoms with Crippen LogP contribution in [0.1, 0.15) is 56.6 Å². The largest absolute Gasteiger partial charge is 0.478 e. The number of rotatable bonds is 18. The van der Waals surface area contributed by atoms with Crippen molar-refractivity contribution in [3.8, 4) is 0 Å². The van der Waals surface area contributed by atoms with Gasteiger partial charge in [0.1, 0.15) is 0 Å². The van der Waals surface area contributed by atoms with Gasteiger partial charge in [-0.25, -0.2) is 9.59 Å². The highest BCUT2D eigenvalue weighted by Crippen LogP contribution is 2.19. The van der Waals surface area contributed by atoms with Gasteiger partial charge in [0.2, 0.25) is 6.10 Å². The number of hydrogen-bond donors (Lipinski definition) is 2. The maximum Gasteiger partial charge on any atom is 0.408 e. The van der Waals surface area contributed by atoms with Gasteiger partial charge in [0.25, 0.3) is 5.91 Å². The Balaban J connectivity index is 1.26. The predicted octanol–water partition coefficient (Wildman–Crippen LogP) is 7.16. The molecule has 0 heterocycles. The van der Waals surface area contributed by atoms with Crippen LogP contribution in [-0.4, -0.2) is 66.9 Å². The number of likely N-dealkylation sites (N-methyl/N-ethyl adjacent to an activating group) is 1. The van der Waals surface area contributed by atoms with Crippen molar-refractivity contribution in [2.24, 2.45) is 0 Å². The van der Waals surface area contributed by atoms with E-state index in [9.17, 15) is 19.5 Å². The van der Waals surface area contributed by atoms with Crippen LogP contribution in [0.3, 0.4) is 0 Å². The number of carboxylic acid groups (broad SMARTS) is 1. The Morgan fingerprint density at radius 1 is 0.717 bits per heavy atom. The lowest BCUT2D eigenvalue weighted by atomic mass is 10.0. The molecule has 2 atom stereocenters. The van der Waals surface area contributed by atoms with Gasteiger partial charge in [-0.3, -0.25) is 4.79 Å². The summed E-state index contributed by atoms with van der Waals surface area (Å²) in [5.74, 6) is -1.94. The quantitative estimate of drug-likeness (QED) is 0.114. The van der Waals surface area contributed by atoms with Crippen LogP contribution in [0.15, 0.2) is 84.9 Å². The van der Waals surface area contributed by atoms with E-state index in [1.54, 1.807) is 14.0 Å². The molecule has 0 saturated carbocycles. The Kier molecular flexibility index (Phi) is 13.4. The number of carbonyl (C=O) groups excluding carboxylic acids is 2.